The molecule has 4 rings (SSSR count). The Morgan fingerprint density at radius 1 is 0.969 bits per heavy atom. The second-order valence-corrected chi connectivity index (χ2v) is 9.43. The molecule has 2 heterocycles. The van der Waals surface area contributed by atoms with Gasteiger partial charge in [0, 0.05) is 6.54 Å². The van der Waals surface area contributed by atoms with Gasteiger partial charge >= 0.3 is 0 Å². The molecule has 8 nitrogen and oxygen atoms in total. The van der Waals surface area contributed by atoms with E-state index in [1.165, 1.54) is 38.5 Å². The fraction of sp³-hybridized carbons (Fsp3) is 0.391. The number of ether oxygens (including phenoxy) is 2. The number of nitrogens with one attached hydrogen (secondary N) is 1. The molecule has 0 amide bonds. The molecule has 0 spiro atoms. The van der Waals surface area contributed by atoms with Crippen LogP contribution in [0.3, 0.4) is 0 Å². The number of likely N-dealkylation sites (tertiary alicyclic amines) is 1. The minimum atomic E-state index is -3.87. The summed E-state index contributed by atoms with van der Waals surface area (Å²) >= 11 is 0. The highest BCUT2D eigenvalue weighted by Crippen LogP contribution is 2.27. The summed E-state index contributed by atoms with van der Waals surface area (Å²) in [6.07, 6.45) is 4.62. The van der Waals surface area contributed by atoms with E-state index in [-0.39, 0.29) is 16.6 Å². The van der Waals surface area contributed by atoms with Gasteiger partial charge in [0.15, 0.2) is 0 Å². The number of hydrogen-bond donors (Lipinski definition) is 1. The van der Waals surface area contributed by atoms with Crippen LogP contribution in [0.5, 0.6) is 11.6 Å². The van der Waals surface area contributed by atoms with E-state index in [9.17, 15) is 8.42 Å². The van der Waals surface area contributed by atoms with Crippen LogP contribution in [0, 0.1) is 0 Å². The third-order valence-electron chi connectivity index (χ3n) is 5.45. The van der Waals surface area contributed by atoms with Crippen LogP contribution in [0.2, 0.25) is 0 Å². The number of hydrogen-bond acceptors (Lipinski definition) is 7. The van der Waals surface area contributed by atoms with Crippen molar-refractivity contribution in [2.24, 2.45) is 0 Å². The van der Waals surface area contributed by atoms with Crippen LogP contribution in [0.1, 0.15) is 25.7 Å². The summed E-state index contributed by atoms with van der Waals surface area (Å²) in [5, 5.41) is 0. The Morgan fingerprint density at radius 2 is 1.66 bits per heavy atom. The number of anilines is 1. The van der Waals surface area contributed by atoms with Crippen molar-refractivity contribution in [3.8, 4) is 11.6 Å². The first-order chi connectivity index (χ1) is 15.5. The standard InChI is InChI=1S/C23H28N4O4S/c1-30-18-10-12-19(13-11-18)32(28,29)26-22-23(25-21-9-4-3-8-20(21)24-22)31-17-7-16-27-14-5-2-6-15-27/h3-4,8-13H,2,5-7,14-17H2,1H3,(H,24,26). The minimum Gasteiger partial charge on any atom is -0.497 e. The first-order valence-electron chi connectivity index (χ1n) is 10.8. The maximum absolute atomic E-state index is 12.9. The van der Waals surface area contributed by atoms with Crippen LogP contribution < -0.4 is 14.2 Å². The summed E-state index contributed by atoms with van der Waals surface area (Å²) in [7, 11) is -2.34. The summed E-state index contributed by atoms with van der Waals surface area (Å²) in [4.78, 5) is 11.5. The summed E-state index contributed by atoms with van der Waals surface area (Å²) < 4.78 is 39.4. The highest BCUT2D eigenvalue weighted by atomic mass is 32.2. The zero-order chi connectivity index (χ0) is 22.4. The Hall–Kier alpha value is -2.91. The number of methoxy groups -OCH3 is 1. The molecule has 0 saturated carbocycles. The number of benzene rings is 2. The minimum absolute atomic E-state index is 0.0810. The van der Waals surface area contributed by atoms with Crippen molar-refractivity contribution in [3.05, 3.63) is 48.5 Å². The van der Waals surface area contributed by atoms with Crippen molar-refractivity contribution in [1.82, 2.24) is 14.9 Å². The van der Waals surface area contributed by atoms with Crippen LogP contribution in [0.25, 0.3) is 11.0 Å². The summed E-state index contributed by atoms with van der Waals surface area (Å²) in [5.41, 5.74) is 1.23. The fourth-order valence-corrected chi connectivity index (χ4v) is 4.73. The van der Waals surface area contributed by atoms with Gasteiger partial charge in [-0.05, 0) is 68.8 Å². The fourth-order valence-electron chi connectivity index (χ4n) is 3.73. The molecule has 1 aliphatic heterocycles. The van der Waals surface area contributed by atoms with Crippen molar-refractivity contribution in [2.75, 3.05) is 38.1 Å². The van der Waals surface area contributed by atoms with E-state index in [4.69, 9.17) is 9.47 Å². The van der Waals surface area contributed by atoms with Crippen molar-refractivity contribution >= 4 is 26.9 Å². The molecule has 1 N–H and O–H groups in total. The summed E-state index contributed by atoms with van der Waals surface area (Å²) in [5.74, 6) is 0.837. The van der Waals surface area contributed by atoms with E-state index in [0.29, 0.717) is 23.4 Å². The molecule has 0 radical (unpaired) electrons. The molecule has 1 aromatic heterocycles. The van der Waals surface area contributed by atoms with E-state index in [0.717, 1.165) is 26.1 Å². The molecule has 1 saturated heterocycles. The maximum atomic E-state index is 12.9. The average molecular weight is 457 g/mol. The van der Waals surface area contributed by atoms with Gasteiger partial charge in [0.1, 0.15) is 5.75 Å². The molecular weight excluding hydrogens is 428 g/mol. The van der Waals surface area contributed by atoms with Crippen molar-refractivity contribution in [3.63, 3.8) is 0 Å². The number of piperidine rings is 1. The zero-order valence-corrected chi connectivity index (χ0v) is 19.0. The van der Waals surface area contributed by atoms with Crippen molar-refractivity contribution < 1.29 is 17.9 Å². The van der Waals surface area contributed by atoms with E-state index in [1.54, 1.807) is 18.2 Å². The lowest BCUT2D eigenvalue weighted by atomic mass is 10.1. The Morgan fingerprint density at radius 3 is 2.34 bits per heavy atom. The van der Waals surface area contributed by atoms with Crippen molar-refractivity contribution in [2.45, 2.75) is 30.6 Å². The number of nitrogens with zero attached hydrogens (tertiary/aromatic N) is 3. The molecule has 1 fully saturated rings. The van der Waals surface area contributed by atoms with Crippen LogP contribution in [-0.2, 0) is 10.0 Å². The Balaban J connectivity index is 1.52. The van der Waals surface area contributed by atoms with Gasteiger partial charge in [0.25, 0.3) is 15.9 Å². The van der Waals surface area contributed by atoms with Crippen molar-refractivity contribution in [1.29, 1.82) is 0 Å². The van der Waals surface area contributed by atoms with E-state index in [1.807, 2.05) is 18.2 Å². The van der Waals surface area contributed by atoms with Crippen LogP contribution in [0.4, 0.5) is 5.82 Å². The normalized spacial score (nSPS) is 14.9. The van der Waals surface area contributed by atoms with Crippen LogP contribution in [0.15, 0.2) is 53.4 Å². The Labute approximate surface area is 188 Å². The highest BCUT2D eigenvalue weighted by Gasteiger charge is 2.20. The van der Waals surface area contributed by atoms with Gasteiger partial charge in [0.2, 0.25) is 5.82 Å². The number of para-hydroxylation sites is 2. The Kier molecular flexibility index (Phi) is 7.06. The lowest BCUT2D eigenvalue weighted by Gasteiger charge is -2.26. The lowest BCUT2D eigenvalue weighted by Crippen LogP contribution is -2.31. The molecule has 9 heteroatoms. The first-order valence-corrected chi connectivity index (χ1v) is 12.3. The van der Waals surface area contributed by atoms with Crippen LogP contribution in [-0.4, -0.2) is 56.6 Å². The average Bonchev–Trinajstić information content (AvgIpc) is 2.82. The monoisotopic (exact) mass is 456 g/mol. The van der Waals surface area contributed by atoms with Gasteiger partial charge in [0.05, 0.1) is 29.6 Å². The smallest absolute Gasteiger partial charge is 0.263 e. The number of sulfonamides is 1. The second kappa shape index (κ2) is 10.1. The first kappa shape index (κ1) is 22.3. The molecule has 0 unspecified atom stereocenters. The molecule has 1 aliphatic rings. The van der Waals surface area contributed by atoms with Gasteiger partial charge in [-0.2, -0.15) is 0 Å². The molecular formula is C23H28N4O4S. The highest BCUT2D eigenvalue weighted by molar-refractivity contribution is 7.92. The summed E-state index contributed by atoms with van der Waals surface area (Å²) in [6.45, 7) is 3.64. The van der Waals surface area contributed by atoms with E-state index < -0.39 is 10.0 Å². The number of fused-ring (bicyclic) bond motifs is 1. The van der Waals surface area contributed by atoms with Gasteiger partial charge in [-0.15, -0.1) is 0 Å². The predicted molar refractivity (Wildman–Crippen MR) is 124 cm³/mol. The predicted octanol–water partition coefficient (Wildman–Crippen LogP) is 3.69. The zero-order valence-electron chi connectivity index (χ0n) is 18.2. The van der Waals surface area contributed by atoms with Gasteiger partial charge < -0.3 is 14.4 Å². The molecule has 32 heavy (non-hydrogen) atoms. The number of aromatic nitrogens is 2. The third kappa shape index (κ3) is 5.46. The lowest BCUT2D eigenvalue weighted by molar-refractivity contribution is 0.203. The van der Waals surface area contributed by atoms with E-state index in [2.05, 4.69) is 19.6 Å². The molecule has 2 aromatic carbocycles. The third-order valence-corrected chi connectivity index (χ3v) is 6.80. The quantitative estimate of drug-likeness (QED) is 0.491. The number of rotatable bonds is 9. The SMILES string of the molecule is COc1ccc(S(=O)(=O)Nc2nc3ccccc3nc2OCCCN2CCCCC2)cc1. The topological polar surface area (TPSA) is 93.7 Å². The summed E-state index contributed by atoms with van der Waals surface area (Å²) in [6, 6.07) is 13.5. The maximum Gasteiger partial charge on any atom is 0.263 e. The van der Waals surface area contributed by atoms with Crippen LogP contribution >= 0.6 is 0 Å². The van der Waals surface area contributed by atoms with E-state index >= 15 is 0 Å². The molecule has 0 atom stereocenters. The second-order valence-electron chi connectivity index (χ2n) is 7.75. The molecule has 170 valence electrons. The van der Waals surface area contributed by atoms with Gasteiger partial charge in [-0.25, -0.2) is 18.4 Å². The largest absolute Gasteiger partial charge is 0.497 e. The molecule has 0 bridgehead atoms. The molecule has 0 aliphatic carbocycles. The Bertz CT molecular complexity index is 1150. The molecule has 3 aromatic rings. The van der Waals surface area contributed by atoms with Gasteiger partial charge in [-0.3, -0.25) is 4.72 Å². The van der Waals surface area contributed by atoms with Gasteiger partial charge in [-0.1, -0.05) is 18.6 Å².